The van der Waals surface area contributed by atoms with Gasteiger partial charge in [-0.05, 0) is 56.3 Å². The third kappa shape index (κ3) is 6.39. The number of halogens is 1. The summed E-state index contributed by atoms with van der Waals surface area (Å²) in [5.41, 5.74) is 1.50. The molecule has 3 aromatic rings. The normalized spacial score (nSPS) is 10.7. The van der Waals surface area contributed by atoms with Crippen LogP contribution < -0.4 is 10.1 Å². The van der Waals surface area contributed by atoms with E-state index in [1.165, 1.54) is 17.8 Å². The third-order valence-corrected chi connectivity index (χ3v) is 5.82. The zero-order chi connectivity index (χ0) is 24.7. The molecule has 0 spiro atoms. The average molecular weight is 501 g/mol. The number of esters is 1. The topological polar surface area (TPSA) is 95.3 Å². The van der Waals surface area contributed by atoms with Gasteiger partial charge in [0, 0.05) is 12.1 Å². The Bertz CT molecular complexity index is 1180. The lowest BCUT2D eigenvalue weighted by Gasteiger charge is -2.11. The van der Waals surface area contributed by atoms with Gasteiger partial charge in [0.2, 0.25) is 5.91 Å². The Balaban J connectivity index is 1.71. The number of benzene rings is 2. The number of ether oxygens (including phenoxy) is 2. The largest absolute Gasteiger partial charge is 0.497 e. The van der Waals surface area contributed by atoms with E-state index in [2.05, 4.69) is 22.1 Å². The van der Waals surface area contributed by atoms with Crippen molar-refractivity contribution in [3.63, 3.8) is 0 Å². The van der Waals surface area contributed by atoms with Crippen molar-refractivity contribution in [3.8, 4) is 17.1 Å². The summed E-state index contributed by atoms with van der Waals surface area (Å²) >= 11 is 7.44. The molecule has 34 heavy (non-hydrogen) atoms. The van der Waals surface area contributed by atoms with Crippen molar-refractivity contribution in [2.24, 2.45) is 0 Å². The summed E-state index contributed by atoms with van der Waals surface area (Å²) in [4.78, 5) is 24.8. The van der Waals surface area contributed by atoms with E-state index in [1.807, 2.05) is 28.8 Å². The first-order valence-corrected chi connectivity index (χ1v) is 11.8. The van der Waals surface area contributed by atoms with Crippen molar-refractivity contribution < 1.29 is 19.1 Å². The SMILES string of the molecule is C=CCn1c(SCC(=O)Nc2cc(C(=O)OC(C)C)ccc2Cl)nnc1-c1ccc(OC)cc1. The smallest absolute Gasteiger partial charge is 0.338 e. The lowest BCUT2D eigenvalue weighted by molar-refractivity contribution is -0.113. The Morgan fingerprint density at radius 3 is 2.59 bits per heavy atom. The van der Waals surface area contributed by atoms with Crippen LogP contribution in [0.2, 0.25) is 5.02 Å². The third-order valence-electron chi connectivity index (χ3n) is 4.53. The van der Waals surface area contributed by atoms with E-state index in [0.717, 1.165) is 11.3 Å². The number of amides is 1. The van der Waals surface area contributed by atoms with Gasteiger partial charge in [-0.3, -0.25) is 9.36 Å². The molecule has 1 heterocycles. The standard InChI is InChI=1S/C24H25ClN4O4S/c1-5-12-29-22(16-6-9-18(32-4)10-7-16)27-28-24(29)34-14-21(30)26-20-13-17(8-11-19(20)25)23(31)33-15(2)3/h5-11,13,15H,1,12,14H2,2-4H3,(H,26,30). The van der Waals surface area contributed by atoms with Crippen LogP contribution >= 0.6 is 23.4 Å². The second-order valence-electron chi connectivity index (χ2n) is 7.42. The van der Waals surface area contributed by atoms with Crippen molar-refractivity contribution in [2.45, 2.75) is 31.7 Å². The molecule has 1 amide bonds. The van der Waals surface area contributed by atoms with Crippen LogP contribution in [0.1, 0.15) is 24.2 Å². The van der Waals surface area contributed by atoms with Gasteiger partial charge >= 0.3 is 5.97 Å². The van der Waals surface area contributed by atoms with Crippen LogP contribution in [0, 0.1) is 0 Å². The number of methoxy groups -OCH3 is 1. The molecule has 1 N–H and O–H groups in total. The van der Waals surface area contributed by atoms with Crippen LogP contribution in [-0.4, -0.2) is 45.6 Å². The maximum absolute atomic E-state index is 12.6. The van der Waals surface area contributed by atoms with E-state index < -0.39 is 5.97 Å². The minimum absolute atomic E-state index is 0.0644. The summed E-state index contributed by atoms with van der Waals surface area (Å²) in [7, 11) is 1.61. The highest BCUT2D eigenvalue weighted by Crippen LogP contribution is 2.27. The Hall–Kier alpha value is -3.30. The zero-order valence-electron chi connectivity index (χ0n) is 19.1. The molecule has 0 fully saturated rings. The number of nitrogens with one attached hydrogen (secondary N) is 1. The minimum atomic E-state index is -0.486. The van der Waals surface area contributed by atoms with E-state index in [9.17, 15) is 9.59 Å². The van der Waals surface area contributed by atoms with Gasteiger partial charge in [-0.2, -0.15) is 0 Å². The lowest BCUT2D eigenvalue weighted by Crippen LogP contribution is -2.16. The molecule has 0 aliphatic heterocycles. The molecule has 0 atom stereocenters. The first-order chi connectivity index (χ1) is 16.3. The number of nitrogens with zero attached hydrogens (tertiary/aromatic N) is 3. The molecular formula is C24H25ClN4O4S. The summed E-state index contributed by atoms with van der Waals surface area (Å²) in [6.45, 7) is 7.80. The number of carbonyl (C=O) groups is 2. The van der Waals surface area contributed by atoms with E-state index in [-0.39, 0.29) is 17.8 Å². The molecular weight excluding hydrogens is 476 g/mol. The van der Waals surface area contributed by atoms with E-state index in [4.69, 9.17) is 21.1 Å². The molecule has 0 aliphatic carbocycles. The fourth-order valence-electron chi connectivity index (χ4n) is 2.99. The molecule has 1 aromatic heterocycles. The average Bonchev–Trinajstić information content (AvgIpc) is 3.21. The molecule has 2 aromatic carbocycles. The molecule has 0 saturated heterocycles. The predicted octanol–water partition coefficient (Wildman–Crippen LogP) is 5.09. The molecule has 3 rings (SSSR count). The Morgan fingerprint density at radius 2 is 1.94 bits per heavy atom. The molecule has 0 unspecified atom stereocenters. The van der Waals surface area contributed by atoms with Crippen LogP contribution in [0.25, 0.3) is 11.4 Å². The Labute approximate surface area is 207 Å². The summed E-state index contributed by atoms with van der Waals surface area (Å²) in [6.07, 6.45) is 1.48. The van der Waals surface area contributed by atoms with Crippen LogP contribution in [0.5, 0.6) is 5.75 Å². The van der Waals surface area contributed by atoms with Crippen molar-refractivity contribution >= 4 is 40.9 Å². The zero-order valence-corrected chi connectivity index (χ0v) is 20.7. The number of aromatic nitrogens is 3. The van der Waals surface area contributed by atoms with Crippen LogP contribution in [0.15, 0.2) is 60.3 Å². The predicted molar refractivity (Wildman–Crippen MR) is 134 cm³/mol. The van der Waals surface area contributed by atoms with E-state index in [1.54, 1.807) is 39.2 Å². The fraction of sp³-hybridized carbons (Fsp3) is 0.250. The first kappa shape index (κ1) is 25.3. The maximum atomic E-state index is 12.6. The second kappa shape index (κ2) is 11.7. The van der Waals surface area contributed by atoms with Gasteiger partial charge in [0.15, 0.2) is 11.0 Å². The van der Waals surface area contributed by atoms with Gasteiger partial charge < -0.3 is 14.8 Å². The van der Waals surface area contributed by atoms with Gasteiger partial charge in [0.05, 0.1) is 35.2 Å². The van der Waals surface area contributed by atoms with Crippen molar-refractivity contribution in [1.29, 1.82) is 0 Å². The summed E-state index contributed by atoms with van der Waals surface area (Å²) in [5.74, 6) is 0.671. The molecule has 0 radical (unpaired) electrons. The molecule has 178 valence electrons. The number of allylic oxidation sites excluding steroid dienone is 1. The quantitative estimate of drug-likeness (QED) is 0.235. The van der Waals surface area contributed by atoms with Crippen molar-refractivity contribution in [3.05, 3.63) is 65.7 Å². The molecule has 0 aliphatic rings. The second-order valence-corrected chi connectivity index (χ2v) is 8.77. The number of thioether (sulfide) groups is 1. The summed E-state index contributed by atoms with van der Waals surface area (Å²) in [6, 6.07) is 12.1. The van der Waals surface area contributed by atoms with Crippen molar-refractivity contribution in [2.75, 3.05) is 18.2 Å². The highest BCUT2D eigenvalue weighted by Gasteiger charge is 2.17. The number of anilines is 1. The van der Waals surface area contributed by atoms with Crippen molar-refractivity contribution in [1.82, 2.24) is 14.8 Å². The summed E-state index contributed by atoms with van der Waals surface area (Å²) < 4.78 is 12.3. The summed E-state index contributed by atoms with van der Waals surface area (Å²) in [5, 5.41) is 12.2. The molecule has 10 heteroatoms. The van der Waals surface area contributed by atoms with Gasteiger partial charge in [0.1, 0.15) is 5.75 Å². The maximum Gasteiger partial charge on any atom is 0.338 e. The Kier molecular flexibility index (Phi) is 8.72. The minimum Gasteiger partial charge on any atom is -0.497 e. The van der Waals surface area contributed by atoms with Gasteiger partial charge in [-0.15, -0.1) is 16.8 Å². The van der Waals surface area contributed by atoms with Crippen LogP contribution in [0.3, 0.4) is 0 Å². The Morgan fingerprint density at radius 1 is 1.21 bits per heavy atom. The molecule has 8 nitrogen and oxygen atoms in total. The number of hydrogen-bond donors (Lipinski definition) is 1. The highest BCUT2D eigenvalue weighted by atomic mass is 35.5. The number of carbonyl (C=O) groups excluding carboxylic acids is 2. The molecule has 0 saturated carbocycles. The highest BCUT2D eigenvalue weighted by molar-refractivity contribution is 7.99. The lowest BCUT2D eigenvalue weighted by atomic mass is 10.2. The monoisotopic (exact) mass is 500 g/mol. The number of hydrogen-bond acceptors (Lipinski definition) is 7. The van der Waals surface area contributed by atoms with E-state index >= 15 is 0 Å². The van der Waals surface area contributed by atoms with Gasteiger partial charge in [-0.25, -0.2) is 4.79 Å². The van der Waals surface area contributed by atoms with E-state index in [0.29, 0.717) is 33.8 Å². The van der Waals surface area contributed by atoms with Gasteiger partial charge in [0.25, 0.3) is 0 Å². The number of rotatable bonds is 10. The van der Waals surface area contributed by atoms with Crippen LogP contribution in [-0.2, 0) is 16.1 Å². The first-order valence-electron chi connectivity index (χ1n) is 10.4. The fourth-order valence-corrected chi connectivity index (χ4v) is 3.90. The van der Waals surface area contributed by atoms with Gasteiger partial charge in [-0.1, -0.05) is 29.4 Å². The van der Waals surface area contributed by atoms with Crippen LogP contribution in [0.4, 0.5) is 5.69 Å². The molecule has 0 bridgehead atoms.